The summed E-state index contributed by atoms with van der Waals surface area (Å²) in [7, 11) is 1.49. The second kappa shape index (κ2) is 8.86. The number of nitrogens with one attached hydrogen (secondary N) is 2. The van der Waals surface area contributed by atoms with Crippen molar-refractivity contribution in [3.63, 3.8) is 0 Å². The number of methoxy groups -OCH3 is 1. The van der Waals surface area contributed by atoms with Crippen molar-refractivity contribution in [3.05, 3.63) is 54.1 Å². The van der Waals surface area contributed by atoms with Crippen molar-refractivity contribution < 1.29 is 23.9 Å². The monoisotopic (exact) mass is 411 g/mol. The lowest BCUT2D eigenvalue weighted by Gasteiger charge is -2.20. The largest absolute Gasteiger partial charge is 0.495 e. The van der Waals surface area contributed by atoms with Crippen LogP contribution >= 0.6 is 0 Å². The van der Waals surface area contributed by atoms with Crippen LogP contribution in [0, 0.1) is 0 Å². The maximum Gasteiger partial charge on any atom is 0.412 e. The van der Waals surface area contributed by atoms with E-state index in [9.17, 15) is 9.59 Å². The Balaban J connectivity index is 1.66. The molecule has 0 saturated carbocycles. The average Bonchev–Trinajstić information content (AvgIpc) is 3.18. The first-order valence-corrected chi connectivity index (χ1v) is 9.52. The van der Waals surface area contributed by atoms with E-state index in [2.05, 4.69) is 15.8 Å². The molecule has 0 saturated heterocycles. The van der Waals surface area contributed by atoms with Gasteiger partial charge in [-0.1, -0.05) is 35.5 Å². The molecule has 1 heterocycles. The molecular weight excluding hydrogens is 386 g/mol. The molecule has 158 valence electrons. The van der Waals surface area contributed by atoms with Gasteiger partial charge in [0.2, 0.25) is 0 Å². The van der Waals surface area contributed by atoms with Crippen molar-refractivity contribution in [2.24, 2.45) is 5.16 Å². The Morgan fingerprint density at radius 3 is 2.50 bits per heavy atom. The Labute approximate surface area is 175 Å². The van der Waals surface area contributed by atoms with E-state index in [1.165, 1.54) is 7.11 Å². The minimum absolute atomic E-state index is 0.285. The van der Waals surface area contributed by atoms with Crippen molar-refractivity contribution in [2.45, 2.75) is 38.9 Å². The Morgan fingerprint density at radius 1 is 1.10 bits per heavy atom. The van der Waals surface area contributed by atoms with Gasteiger partial charge in [-0.2, -0.15) is 0 Å². The van der Waals surface area contributed by atoms with Gasteiger partial charge in [-0.3, -0.25) is 10.1 Å². The minimum atomic E-state index is -0.640. The van der Waals surface area contributed by atoms with Gasteiger partial charge in [0.05, 0.1) is 12.8 Å². The number of carbonyl (C=O) groups excluding carboxylic acids is 2. The van der Waals surface area contributed by atoms with Gasteiger partial charge >= 0.3 is 6.09 Å². The third-order valence-electron chi connectivity index (χ3n) is 4.20. The van der Waals surface area contributed by atoms with Crippen molar-refractivity contribution in [1.29, 1.82) is 0 Å². The second-order valence-corrected chi connectivity index (χ2v) is 7.74. The fourth-order valence-electron chi connectivity index (χ4n) is 2.86. The molecule has 0 aromatic heterocycles. The van der Waals surface area contributed by atoms with Gasteiger partial charge < -0.3 is 19.6 Å². The molecule has 2 aromatic carbocycles. The molecule has 3 rings (SSSR count). The quantitative estimate of drug-likeness (QED) is 0.755. The third-order valence-corrected chi connectivity index (χ3v) is 4.20. The van der Waals surface area contributed by atoms with Crippen molar-refractivity contribution >= 4 is 29.1 Å². The van der Waals surface area contributed by atoms with E-state index in [1.807, 2.05) is 30.3 Å². The van der Waals surface area contributed by atoms with E-state index < -0.39 is 11.7 Å². The fraction of sp³-hybridized carbons (Fsp3) is 0.318. The van der Waals surface area contributed by atoms with Gasteiger partial charge in [0.15, 0.2) is 6.10 Å². The van der Waals surface area contributed by atoms with Crippen molar-refractivity contribution in [2.75, 3.05) is 17.7 Å². The maximum absolute atomic E-state index is 12.6. The molecule has 0 fully saturated rings. The third kappa shape index (κ3) is 5.50. The number of rotatable bonds is 5. The molecule has 2 aromatic rings. The Bertz CT molecular complexity index is 951. The number of benzene rings is 2. The van der Waals surface area contributed by atoms with Gasteiger partial charge in [0, 0.05) is 12.1 Å². The number of amides is 2. The highest BCUT2D eigenvalue weighted by molar-refractivity contribution is 6.43. The van der Waals surface area contributed by atoms with E-state index in [-0.39, 0.29) is 12.0 Å². The Kier molecular flexibility index (Phi) is 6.25. The van der Waals surface area contributed by atoms with Crippen LogP contribution in [0.5, 0.6) is 5.75 Å². The highest BCUT2D eigenvalue weighted by atomic mass is 16.6. The van der Waals surface area contributed by atoms with E-state index in [4.69, 9.17) is 14.3 Å². The molecule has 2 amide bonds. The lowest BCUT2D eigenvalue weighted by atomic mass is 10.0. The van der Waals surface area contributed by atoms with E-state index in [1.54, 1.807) is 39.0 Å². The van der Waals surface area contributed by atoms with Crippen LogP contribution in [0.2, 0.25) is 0 Å². The molecule has 2 N–H and O–H groups in total. The number of carbonyl (C=O) groups is 2. The van der Waals surface area contributed by atoms with Crippen LogP contribution in [0.4, 0.5) is 16.2 Å². The molecule has 0 radical (unpaired) electrons. The number of nitrogens with zero attached hydrogens (tertiary/aromatic N) is 1. The van der Waals surface area contributed by atoms with Crippen LogP contribution < -0.4 is 15.4 Å². The van der Waals surface area contributed by atoms with Crippen LogP contribution in [-0.4, -0.2) is 30.4 Å². The topological polar surface area (TPSA) is 98.3 Å². The number of hydrogen-bond acceptors (Lipinski definition) is 6. The number of anilines is 2. The zero-order chi connectivity index (χ0) is 21.7. The number of ether oxygens (including phenoxy) is 2. The molecule has 0 aliphatic carbocycles. The first-order chi connectivity index (χ1) is 14.2. The van der Waals surface area contributed by atoms with Gasteiger partial charge in [-0.15, -0.1) is 0 Å². The van der Waals surface area contributed by atoms with Gasteiger partial charge in [-0.25, -0.2) is 4.79 Å². The zero-order valence-electron chi connectivity index (χ0n) is 17.4. The van der Waals surface area contributed by atoms with E-state index >= 15 is 0 Å². The fourth-order valence-corrected chi connectivity index (χ4v) is 2.86. The van der Waals surface area contributed by atoms with Crippen LogP contribution in [0.25, 0.3) is 0 Å². The molecule has 8 heteroatoms. The van der Waals surface area contributed by atoms with Crippen LogP contribution in [-0.2, 0) is 14.4 Å². The van der Waals surface area contributed by atoms with Crippen LogP contribution in [0.3, 0.4) is 0 Å². The van der Waals surface area contributed by atoms with Crippen molar-refractivity contribution in [3.8, 4) is 5.75 Å². The molecule has 1 aliphatic heterocycles. The minimum Gasteiger partial charge on any atom is -0.495 e. The van der Waals surface area contributed by atoms with Crippen LogP contribution in [0.15, 0.2) is 53.7 Å². The summed E-state index contributed by atoms with van der Waals surface area (Å²) in [4.78, 5) is 30.1. The van der Waals surface area contributed by atoms with Gasteiger partial charge in [0.25, 0.3) is 5.91 Å². The predicted octanol–water partition coefficient (Wildman–Crippen LogP) is 4.50. The van der Waals surface area contributed by atoms with Crippen LogP contribution in [0.1, 0.15) is 38.9 Å². The lowest BCUT2D eigenvalue weighted by molar-refractivity contribution is -0.110. The summed E-state index contributed by atoms with van der Waals surface area (Å²) in [6, 6.07) is 14.5. The summed E-state index contributed by atoms with van der Waals surface area (Å²) in [5.41, 5.74) is 1.45. The molecule has 30 heavy (non-hydrogen) atoms. The Morgan fingerprint density at radius 2 is 1.83 bits per heavy atom. The summed E-state index contributed by atoms with van der Waals surface area (Å²) >= 11 is 0. The summed E-state index contributed by atoms with van der Waals surface area (Å²) in [6.45, 7) is 5.31. The standard InChI is InChI=1S/C22H25N3O5/c1-22(2,3)29-21(27)24-16-12-15(10-11-18(16)28-4)23-20(26)17-13-19(30-25-17)14-8-6-5-7-9-14/h5-12,19H,13H2,1-4H3,(H,23,26)(H,24,27). The Hall–Kier alpha value is -3.55. The summed E-state index contributed by atoms with van der Waals surface area (Å²) in [6.07, 6.45) is -0.537. The normalized spacial score (nSPS) is 15.6. The zero-order valence-corrected chi connectivity index (χ0v) is 17.4. The molecule has 0 bridgehead atoms. The van der Waals surface area contributed by atoms with Crippen molar-refractivity contribution in [1.82, 2.24) is 0 Å². The summed E-state index contributed by atoms with van der Waals surface area (Å²) < 4.78 is 10.5. The first-order valence-electron chi connectivity index (χ1n) is 9.52. The maximum atomic E-state index is 12.6. The number of hydrogen-bond donors (Lipinski definition) is 2. The van der Waals surface area contributed by atoms with E-state index in [0.717, 1.165) is 5.56 Å². The molecule has 1 unspecified atom stereocenters. The second-order valence-electron chi connectivity index (χ2n) is 7.74. The highest BCUT2D eigenvalue weighted by Gasteiger charge is 2.27. The lowest BCUT2D eigenvalue weighted by Crippen LogP contribution is -2.27. The predicted molar refractivity (Wildman–Crippen MR) is 114 cm³/mol. The molecule has 8 nitrogen and oxygen atoms in total. The summed E-state index contributed by atoms with van der Waals surface area (Å²) in [5, 5.41) is 9.33. The first kappa shape index (κ1) is 21.2. The molecule has 1 aliphatic rings. The van der Waals surface area contributed by atoms with Gasteiger partial charge in [-0.05, 0) is 44.5 Å². The smallest absolute Gasteiger partial charge is 0.412 e. The summed E-state index contributed by atoms with van der Waals surface area (Å²) in [5.74, 6) is 0.0614. The average molecular weight is 411 g/mol. The number of oxime groups is 1. The molecular formula is C22H25N3O5. The molecule has 0 spiro atoms. The SMILES string of the molecule is COc1ccc(NC(=O)C2=NOC(c3ccccc3)C2)cc1NC(=O)OC(C)(C)C. The van der Waals surface area contributed by atoms with E-state index in [0.29, 0.717) is 29.3 Å². The van der Waals surface area contributed by atoms with Gasteiger partial charge in [0.1, 0.15) is 17.1 Å². The molecule has 1 atom stereocenters. The highest BCUT2D eigenvalue weighted by Crippen LogP contribution is 2.30.